The van der Waals surface area contributed by atoms with E-state index in [-0.39, 0.29) is 25.2 Å². The van der Waals surface area contributed by atoms with Crippen LogP contribution in [0.15, 0.2) is 24.5 Å². The van der Waals surface area contributed by atoms with Crippen molar-refractivity contribution < 1.29 is 24.5 Å². The predicted octanol–water partition coefficient (Wildman–Crippen LogP) is 1.83. The van der Waals surface area contributed by atoms with Gasteiger partial charge in [0.15, 0.2) is 6.61 Å². The maximum absolute atomic E-state index is 12.1. The first-order valence-electron chi connectivity index (χ1n) is 9.48. The van der Waals surface area contributed by atoms with E-state index in [1.807, 2.05) is 6.92 Å². The molecule has 2 N–H and O–H groups in total. The van der Waals surface area contributed by atoms with Crippen molar-refractivity contribution in [2.45, 2.75) is 32.4 Å². The fourth-order valence-electron chi connectivity index (χ4n) is 3.48. The third-order valence-corrected chi connectivity index (χ3v) is 5.07. The third-order valence-electron chi connectivity index (χ3n) is 5.07. The summed E-state index contributed by atoms with van der Waals surface area (Å²) in [6.45, 7) is 2.06. The van der Waals surface area contributed by atoms with Crippen LogP contribution in [0.1, 0.15) is 18.9 Å². The van der Waals surface area contributed by atoms with Crippen LogP contribution in [0.4, 0.5) is 10.5 Å². The highest BCUT2D eigenvalue weighted by Gasteiger charge is 2.31. The summed E-state index contributed by atoms with van der Waals surface area (Å²) in [5.41, 5.74) is 2.85. The summed E-state index contributed by atoms with van der Waals surface area (Å²) in [4.78, 5) is 26.7. The summed E-state index contributed by atoms with van der Waals surface area (Å²) in [5, 5.41) is 23.0. The summed E-state index contributed by atoms with van der Waals surface area (Å²) in [7, 11) is 3.31. The van der Waals surface area contributed by atoms with Crippen LogP contribution >= 0.6 is 0 Å². The van der Waals surface area contributed by atoms with Crippen LogP contribution in [0, 0.1) is 0 Å². The molecule has 1 atom stereocenters. The van der Waals surface area contributed by atoms with Gasteiger partial charge in [-0.15, -0.1) is 0 Å². The molecule has 0 aliphatic carbocycles. The number of carbonyl (C=O) groups excluding carboxylic acids is 1. The Balaban J connectivity index is 2.08. The predicted molar refractivity (Wildman–Crippen MR) is 107 cm³/mol. The van der Waals surface area contributed by atoms with Crippen molar-refractivity contribution in [3.05, 3.63) is 30.1 Å². The number of carboxylic acid groups (broad SMARTS) is 1. The zero-order chi connectivity index (χ0) is 21.1. The van der Waals surface area contributed by atoms with Gasteiger partial charge in [-0.25, -0.2) is 4.79 Å². The minimum atomic E-state index is -1.02. The van der Waals surface area contributed by atoms with Gasteiger partial charge in [0, 0.05) is 43.0 Å². The monoisotopic (exact) mass is 402 g/mol. The number of nitrogens with zero attached hydrogens (tertiary/aromatic N) is 4. The molecule has 2 heterocycles. The van der Waals surface area contributed by atoms with Crippen LogP contribution in [0.5, 0.6) is 5.75 Å². The van der Waals surface area contributed by atoms with Gasteiger partial charge >= 0.3 is 6.09 Å². The van der Waals surface area contributed by atoms with Crippen molar-refractivity contribution in [2.24, 2.45) is 0 Å². The Hall–Kier alpha value is -3.07. The van der Waals surface area contributed by atoms with E-state index in [0.717, 1.165) is 16.7 Å². The molecule has 0 unspecified atom stereocenters. The number of carbonyl (C=O) groups is 2. The number of ether oxygens (including phenoxy) is 1. The third kappa shape index (κ3) is 4.19. The van der Waals surface area contributed by atoms with Crippen molar-refractivity contribution in [2.75, 3.05) is 32.2 Å². The Kier molecular flexibility index (Phi) is 6.07. The first-order valence-corrected chi connectivity index (χ1v) is 9.48. The lowest BCUT2D eigenvalue weighted by atomic mass is 9.92. The smallest absolute Gasteiger partial charge is 0.412 e. The lowest BCUT2D eigenvalue weighted by Gasteiger charge is -2.34. The Morgan fingerprint density at radius 3 is 2.76 bits per heavy atom. The molecule has 29 heavy (non-hydrogen) atoms. The van der Waals surface area contributed by atoms with Gasteiger partial charge in [-0.05, 0) is 31.9 Å². The first kappa shape index (κ1) is 20.7. The van der Waals surface area contributed by atoms with Gasteiger partial charge in [-0.3, -0.25) is 14.4 Å². The average molecular weight is 402 g/mol. The summed E-state index contributed by atoms with van der Waals surface area (Å²) in [6, 6.07) is 3.43. The molecule has 9 nitrogen and oxygen atoms in total. The molecular weight excluding hydrogens is 376 g/mol. The number of aliphatic hydroxyl groups excluding tert-OH is 1. The standard InChI is InChI=1S/C20H26N4O5/c1-13-4-5-16-17(24(13)20(27)28)7-6-15(14-10-21-23(11-14)8-9-25)19(16)29-12-18(26)22(2)3/h6-7,10-11,13,25H,4-5,8-9,12H2,1-3H3,(H,27,28)/t13-/m0/s1. The summed E-state index contributed by atoms with van der Waals surface area (Å²) in [6.07, 6.45) is 3.74. The molecule has 0 radical (unpaired) electrons. The molecule has 0 saturated carbocycles. The quantitative estimate of drug-likeness (QED) is 0.763. The minimum Gasteiger partial charge on any atom is -0.483 e. The van der Waals surface area contributed by atoms with Crippen molar-refractivity contribution in [3.8, 4) is 16.9 Å². The Bertz CT molecular complexity index is 908. The summed E-state index contributed by atoms with van der Waals surface area (Å²) in [5.74, 6) is 0.309. The minimum absolute atomic E-state index is 0.0303. The topological polar surface area (TPSA) is 108 Å². The molecule has 1 aromatic carbocycles. The van der Waals surface area contributed by atoms with Crippen LogP contribution in [-0.4, -0.2) is 70.2 Å². The number of rotatable bonds is 6. The molecule has 1 aliphatic heterocycles. The molecule has 0 fully saturated rings. The molecule has 9 heteroatoms. The van der Waals surface area contributed by atoms with Crippen LogP contribution in [-0.2, 0) is 17.8 Å². The van der Waals surface area contributed by atoms with Crippen molar-refractivity contribution in [1.82, 2.24) is 14.7 Å². The maximum Gasteiger partial charge on any atom is 0.412 e. The van der Waals surface area contributed by atoms with Crippen molar-refractivity contribution >= 4 is 17.7 Å². The molecule has 3 rings (SSSR count). The maximum atomic E-state index is 12.1. The fourth-order valence-corrected chi connectivity index (χ4v) is 3.48. The zero-order valence-corrected chi connectivity index (χ0v) is 16.8. The Morgan fingerprint density at radius 2 is 2.10 bits per heavy atom. The second kappa shape index (κ2) is 8.52. The molecule has 1 aliphatic rings. The van der Waals surface area contributed by atoms with E-state index in [0.29, 0.717) is 30.8 Å². The number of benzene rings is 1. The lowest BCUT2D eigenvalue weighted by Crippen LogP contribution is -2.41. The fraction of sp³-hybridized carbons (Fsp3) is 0.450. The lowest BCUT2D eigenvalue weighted by molar-refractivity contribution is -0.130. The Morgan fingerprint density at radius 1 is 1.34 bits per heavy atom. The summed E-state index contributed by atoms with van der Waals surface area (Å²) < 4.78 is 7.57. The number of likely N-dealkylation sites (N-methyl/N-ethyl adjacent to an activating group) is 1. The highest BCUT2D eigenvalue weighted by atomic mass is 16.5. The van der Waals surface area contributed by atoms with E-state index in [1.54, 1.807) is 43.3 Å². The van der Waals surface area contributed by atoms with Gasteiger partial charge < -0.3 is 19.8 Å². The van der Waals surface area contributed by atoms with Gasteiger partial charge in [0.25, 0.3) is 5.91 Å². The molecule has 1 aromatic heterocycles. The highest BCUT2D eigenvalue weighted by Crippen LogP contribution is 2.43. The first-order chi connectivity index (χ1) is 13.8. The van der Waals surface area contributed by atoms with E-state index >= 15 is 0 Å². The number of aromatic nitrogens is 2. The van der Waals surface area contributed by atoms with Gasteiger partial charge in [0.05, 0.1) is 25.0 Å². The number of fused-ring (bicyclic) bond motifs is 1. The average Bonchev–Trinajstić information content (AvgIpc) is 3.13. The van der Waals surface area contributed by atoms with E-state index in [1.165, 1.54) is 9.80 Å². The zero-order valence-electron chi connectivity index (χ0n) is 16.8. The molecular formula is C20H26N4O5. The molecule has 0 bridgehead atoms. The van der Waals surface area contributed by atoms with Gasteiger partial charge in [0.1, 0.15) is 5.75 Å². The molecule has 2 amide bonds. The number of amides is 2. The van der Waals surface area contributed by atoms with Crippen LogP contribution in [0.2, 0.25) is 0 Å². The second-order valence-corrected chi connectivity index (χ2v) is 7.27. The van der Waals surface area contributed by atoms with Crippen LogP contribution < -0.4 is 9.64 Å². The van der Waals surface area contributed by atoms with Gasteiger partial charge in [0.2, 0.25) is 0 Å². The molecule has 0 saturated heterocycles. The molecule has 0 spiro atoms. The van der Waals surface area contributed by atoms with Gasteiger partial charge in [-0.1, -0.05) is 0 Å². The number of hydrogen-bond acceptors (Lipinski definition) is 5. The Labute approximate surface area is 169 Å². The largest absolute Gasteiger partial charge is 0.483 e. The number of hydrogen-bond donors (Lipinski definition) is 2. The van der Waals surface area contributed by atoms with E-state index in [2.05, 4.69) is 5.10 Å². The highest BCUT2D eigenvalue weighted by molar-refractivity contribution is 5.91. The summed E-state index contributed by atoms with van der Waals surface area (Å²) >= 11 is 0. The second-order valence-electron chi connectivity index (χ2n) is 7.27. The van der Waals surface area contributed by atoms with Gasteiger partial charge in [-0.2, -0.15) is 5.10 Å². The van der Waals surface area contributed by atoms with E-state index < -0.39 is 6.09 Å². The van der Waals surface area contributed by atoms with Crippen LogP contribution in [0.3, 0.4) is 0 Å². The SMILES string of the molecule is C[C@H]1CCc2c(ccc(-c3cnn(CCO)c3)c2OCC(=O)N(C)C)N1C(=O)O. The molecule has 156 valence electrons. The number of aliphatic hydroxyl groups is 1. The van der Waals surface area contributed by atoms with Crippen LogP contribution in [0.25, 0.3) is 11.1 Å². The normalized spacial score (nSPS) is 15.7. The van der Waals surface area contributed by atoms with Crippen molar-refractivity contribution in [1.29, 1.82) is 0 Å². The van der Waals surface area contributed by atoms with Crippen molar-refractivity contribution in [3.63, 3.8) is 0 Å². The number of anilines is 1. The molecule has 2 aromatic rings. The van der Waals surface area contributed by atoms with E-state index in [9.17, 15) is 14.7 Å². The van der Waals surface area contributed by atoms with E-state index in [4.69, 9.17) is 9.84 Å².